The molecule has 2 unspecified atom stereocenters. The van der Waals surface area contributed by atoms with Crippen molar-refractivity contribution in [1.29, 1.82) is 0 Å². The molecule has 2 aliphatic rings. The fourth-order valence-electron chi connectivity index (χ4n) is 3.10. The maximum Gasteiger partial charge on any atom is 0.358 e. The molecule has 12 nitrogen and oxygen atoms in total. The summed E-state index contributed by atoms with van der Waals surface area (Å²) in [5, 5.41) is 5.17. The molecule has 1 N–H and O–H groups in total. The number of hydrogen-bond donors (Lipinski definition) is 1. The topological polar surface area (TPSA) is 150 Å². The summed E-state index contributed by atoms with van der Waals surface area (Å²) in [6, 6.07) is -1.04. The minimum atomic E-state index is -1.21. The number of halogens is 1. The number of Topliss-reactive ketones (excluding diaryl/α,β-unsaturated/α-hetero) is 1. The number of alkyl halides is 1. The third-order valence-corrected chi connectivity index (χ3v) is 6.37. The van der Waals surface area contributed by atoms with Gasteiger partial charge in [-0.3, -0.25) is 24.1 Å². The van der Waals surface area contributed by atoms with Crippen LogP contribution in [0.4, 0.5) is 0 Å². The molecule has 1 fully saturated rings. The van der Waals surface area contributed by atoms with Crippen LogP contribution < -0.4 is 5.32 Å². The zero-order chi connectivity index (χ0) is 26.5. The van der Waals surface area contributed by atoms with Crippen LogP contribution in [0.2, 0.25) is 0 Å². The molecular weight excluding hydrogens is 506 g/mol. The Bertz CT molecular complexity index is 960. The number of ether oxygens (including phenoxy) is 3. The van der Waals surface area contributed by atoms with Gasteiger partial charge in [0, 0.05) is 19.8 Å². The van der Waals surface area contributed by atoms with E-state index < -0.39 is 64.2 Å². The van der Waals surface area contributed by atoms with Gasteiger partial charge in [-0.2, -0.15) is 0 Å². The summed E-state index contributed by atoms with van der Waals surface area (Å²) in [7, 11) is 2.59. The molecule has 0 radical (unpaired) electrons. The number of ketones is 1. The Balaban J connectivity index is 2.20. The van der Waals surface area contributed by atoms with E-state index in [9.17, 15) is 24.0 Å². The molecule has 2 amide bonds. The van der Waals surface area contributed by atoms with Gasteiger partial charge >= 0.3 is 11.9 Å². The van der Waals surface area contributed by atoms with Crippen LogP contribution >= 0.6 is 23.4 Å². The van der Waals surface area contributed by atoms with Gasteiger partial charge in [-0.1, -0.05) is 5.16 Å². The summed E-state index contributed by atoms with van der Waals surface area (Å²) in [6.45, 7) is 6.41. The van der Waals surface area contributed by atoms with Gasteiger partial charge in [0.2, 0.25) is 17.8 Å². The van der Waals surface area contributed by atoms with E-state index in [-0.39, 0.29) is 12.3 Å². The molecule has 194 valence electrons. The lowest BCUT2D eigenvalue weighted by Gasteiger charge is -2.49. The number of thioether (sulfide) groups is 1. The molecule has 0 bridgehead atoms. The normalized spacial score (nSPS) is 20.9. The van der Waals surface area contributed by atoms with E-state index in [1.807, 2.05) is 0 Å². The second kappa shape index (κ2) is 11.9. The van der Waals surface area contributed by atoms with Crippen molar-refractivity contribution in [3.05, 3.63) is 11.3 Å². The predicted octanol–water partition coefficient (Wildman–Crippen LogP) is 0.576. The van der Waals surface area contributed by atoms with Crippen molar-refractivity contribution in [2.45, 2.75) is 45.4 Å². The van der Waals surface area contributed by atoms with Crippen molar-refractivity contribution in [3.63, 3.8) is 0 Å². The Hall–Kier alpha value is -2.64. The van der Waals surface area contributed by atoms with Crippen LogP contribution in [0, 0.1) is 5.41 Å². The molecule has 0 aliphatic carbocycles. The van der Waals surface area contributed by atoms with Gasteiger partial charge in [0.25, 0.3) is 11.8 Å². The minimum Gasteiger partial charge on any atom is -0.425 e. The fourth-order valence-corrected chi connectivity index (χ4v) is 4.55. The Labute approximate surface area is 211 Å². The average molecular weight is 534 g/mol. The number of amides is 2. The van der Waals surface area contributed by atoms with E-state index in [2.05, 4.69) is 15.3 Å². The monoisotopic (exact) mass is 533 g/mol. The highest BCUT2D eigenvalue weighted by Crippen LogP contribution is 2.40. The molecule has 0 aromatic carbocycles. The van der Waals surface area contributed by atoms with Crippen molar-refractivity contribution in [2.75, 3.05) is 32.5 Å². The number of methoxy groups -OCH3 is 1. The molecule has 2 heterocycles. The zero-order valence-electron chi connectivity index (χ0n) is 20.2. The van der Waals surface area contributed by atoms with E-state index in [4.69, 9.17) is 25.8 Å². The highest BCUT2D eigenvalue weighted by Gasteiger charge is 2.55. The number of rotatable bonds is 10. The summed E-state index contributed by atoms with van der Waals surface area (Å²) >= 11 is 6.79. The van der Waals surface area contributed by atoms with Crippen LogP contribution in [0.25, 0.3) is 0 Å². The predicted molar refractivity (Wildman–Crippen MR) is 125 cm³/mol. The first-order valence-electron chi connectivity index (χ1n) is 10.5. The molecule has 0 spiro atoms. The van der Waals surface area contributed by atoms with Crippen molar-refractivity contribution in [2.24, 2.45) is 10.6 Å². The molecule has 2 aliphatic heterocycles. The molecular formula is C21H28ClN3O9S. The highest BCUT2D eigenvalue weighted by atomic mass is 35.5. The summed E-state index contributed by atoms with van der Waals surface area (Å²) in [4.78, 5) is 68.1. The summed E-state index contributed by atoms with van der Waals surface area (Å²) < 4.78 is 15.6. The second-order valence-corrected chi connectivity index (χ2v) is 9.93. The lowest BCUT2D eigenvalue weighted by atomic mass is 9.97. The van der Waals surface area contributed by atoms with Gasteiger partial charge in [0.1, 0.15) is 24.2 Å². The number of nitrogens with one attached hydrogen (secondary N) is 1. The van der Waals surface area contributed by atoms with Crippen LogP contribution in [-0.2, 0) is 43.0 Å². The van der Waals surface area contributed by atoms with Gasteiger partial charge in [-0.25, -0.2) is 4.79 Å². The lowest BCUT2D eigenvalue weighted by Crippen LogP contribution is -2.71. The lowest BCUT2D eigenvalue weighted by molar-refractivity contribution is -0.190. The summed E-state index contributed by atoms with van der Waals surface area (Å²) in [5.41, 5.74) is -0.945. The molecule has 0 aromatic heterocycles. The maximum atomic E-state index is 13.0. The third-order valence-electron chi connectivity index (χ3n) is 4.79. The van der Waals surface area contributed by atoms with E-state index in [1.54, 1.807) is 20.8 Å². The van der Waals surface area contributed by atoms with Crippen molar-refractivity contribution < 1.29 is 43.0 Å². The average Bonchev–Trinajstić information content (AvgIpc) is 2.79. The van der Waals surface area contributed by atoms with Crippen molar-refractivity contribution >= 4 is 58.6 Å². The molecule has 35 heavy (non-hydrogen) atoms. The number of carbonyl (C=O) groups is 5. The standard InChI is InChI=1S/C21H28ClN3O9S/c1-10(34-20(30)21(2,3)4)33-19(29)15-11(8-31-5)9-35-18-14(17(28)25(15)18)23-16(27)13(24-32-6)12(26)7-22/h10,14,18H,7-9H2,1-6H3,(H,23,27)/b24-13-/t10?,14?,18-/m1/s1. The number of carbonyl (C=O) groups excluding carboxylic acids is 5. The number of nitrogens with zero attached hydrogens (tertiary/aromatic N) is 2. The van der Waals surface area contributed by atoms with Crippen LogP contribution in [0.3, 0.4) is 0 Å². The highest BCUT2D eigenvalue weighted by molar-refractivity contribution is 8.00. The van der Waals surface area contributed by atoms with E-state index in [1.165, 1.54) is 30.7 Å². The van der Waals surface area contributed by atoms with Gasteiger partial charge in [-0.05, 0) is 26.3 Å². The quantitative estimate of drug-likeness (QED) is 0.0803. The Morgan fingerprint density at radius 3 is 2.43 bits per heavy atom. The van der Waals surface area contributed by atoms with Crippen molar-refractivity contribution in [3.8, 4) is 0 Å². The van der Waals surface area contributed by atoms with Crippen LogP contribution in [0.1, 0.15) is 27.7 Å². The van der Waals surface area contributed by atoms with Gasteiger partial charge in [-0.15, -0.1) is 23.4 Å². The van der Waals surface area contributed by atoms with Crippen molar-refractivity contribution in [1.82, 2.24) is 10.2 Å². The second-order valence-electron chi connectivity index (χ2n) is 8.55. The number of fused-ring (bicyclic) bond motifs is 1. The van der Waals surface area contributed by atoms with Gasteiger partial charge < -0.3 is 24.4 Å². The Morgan fingerprint density at radius 1 is 1.23 bits per heavy atom. The van der Waals surface area contributed by atoms with Gasteiger partial charge in [0.15, 0.2) is 0 Å². The minimum absolute atomic E-state index is 0.0487. The van der Waals surface area contributed by atoms with Gasteiger partial charge in [0.05, 0.1) is 17.9 Å². The first kappa shape index (κ1) is 28.6. The Kier molecular flexibility index (Phi) is 9.69. The zero-order valence-corrected chi connectivity index (χ0v) is 21.8. The molecule has 2 rings (SSSR count). The van der Waals surface area contributed by atoms with Crippen LogP contribution in [-0.4, -0.2) is 90.3 Å². The molecule has 0 aromatic rings. The summed E-state index contributed by atoms with van der Waals surface area (Å²) in [6.07, 6.45) is -1.21. The fraction of sp³-hybridized carbons (Fsp3) is 0.619. The number of esters is 2. The first-order chi connectivity index (χ1) is 16.4. The molecule has 1 saturated heterocycles. The largest absolute Gasteiger partial charge is 0.425 e. The van der Waals surface area contributed by atoms with E-state index in [0.29, 0.717) is 11.3 Å². The number of β-lactam (4-membered cyclic amide) rings is 1. The van der Waals surface area contributed by atoms with Crippen LogP contribution in [0.15, 0.2) is 16.4 Å². The van der Waals surface area contributed by atoms with Crippen LogP contribution in [0.5, 0.6) is 0 Å². The molecule has 0 saturated carbocycles. The molecule has 14 heteroatoms. The van der Waals surface area contributed by atoms with E-state index >= 15 is 0 Å². The smallest absolute Gasteiger partial charge is 0.358 e. The SMILES string of the molecule is COCC1=C(C(=O)OC(C)OC(=O)C(C)(C)C)N2C(=O)C(NC(=O)/C(=N\OC)C(=O)CCl)[C@H]2SC1. The Morgan fingerprint density at radius 2 is 1.89 bits per heavy atom. The maximum absolute atomic E-state index is 13.0. The number of hydrogen-bond acceptors (Lipinski definition) is 11. The molecule has 3 atom stereocenters. The summed E-state index contributed by atoms with van der Waals surface area (Å²) in [5.74, 6) is -3.97. The first-order valence-corrected chi connectivity index (χ1v) is 12.0. The third kappa shape index (κ3) is 6.53. The number of oxime groups is 1. The van der Waals surface area contributed by atoms with E-state index in [0.717, 1.165) is 7.11 Å².